The summed E-state index contributed by atoms with van der Waals surface area (Å²) in [4.78, 5) is 27.6. The van der Waals surface area contributed by atoms with E-state index in [4.69, 9.17) is 25.8 Å². The van der Waals surface area contributed by atoms with Gasteiger partial charge in [-0.1, -0.05) is 23.7 Å². The number of benzene rings is 2. The lowest BCUT2D eigenvalue weighted by Crippen LogP contribution is -2.34. The average Bonchev–Trinajstić information content (AvgIpc) is 3.01. The molecule has 0 saturated carbocycles. The van der Waals surface area contributed by atoms with Crippen molar-refractivity contribution in [2.45, 2.75) is 13.3 Å². The van der Waals surface area contributed by atoms with E-state index in [9.17, 15) is 9.59 Å². The van der Waals surface area contributed by atoms with Crippen LogP contribution in [0.15, 0.2) is 48.2 Å². The number of imide groups is 1. The fraction of sp³-hybridized carbons (Fsp3) is 0.304. The number of methoxy groups -OCH3 is 2. The number of hydrogen-bond acceptors (Lipinski definition) is 6. The van der Waals surface area contributed by atoms with E-state index in [2.05, 4.69) is 5.32 Å². The third-order valence-corrected chi connectivity index (χ3v) is 5.10. The Hall–Kier alpha value is -3.03. The van der Waals surface area contributed by atoms with Crippen molar-refractivity contribution in [3.8, 4) is 11.5 Å². The quantitative estimate of drug-likeness (QED) is 0.441. The van der Waals surface area contributed by atoms with Crippen LogP contribution in [0.4, 0.5) is 5.69 Å². The number of ether oxygens (including phenoxy) is 3. The van der Waals surface area contributed by atoms with Gasteiger partial charge >= 0.3 is 0 Å². The predicted molar refractivity (Wildman–Crippen MR) is 119 cm³/mol. The first kappa shape index (κ1) is 22.7. The molecule has 0 atom stereocenters. The summed E-state index contributed by atoms with van der Waals surface area (Å²) >= 11 is 6.01. The van der Waals surface area contributed by atoms with Gasteiger partial charge in [-0.05, 0) is 43.2 Å². The summed E-state index contributed by atoms with van der Waals surface area (Å²) in [7, 11) is 3.08. The van der Waals surface area contributed by atoms with Gasteiger partial charge in [0.15, 0.2) is 0 Å². The Morgan fingerprint density at radius 3 is 2.39 bits per heavy atom. The van der Waals surface area contributed by atoms with Crippen LogP contribution in [0.3, 0.4) is 0 Å². The molecular formula is C23H25ClN2O5. The minimum atomic E-state index is -0.399. The van der Waals surface area contributed by atoms with Crippen LogP contribution in [0.25, 0.3) is 5.57 Å². The highest BCUT2D eigenvalue weighted by molar-refractivity contribution is 6.37. The topological polar surface area (TPSA) is 77.1 Å². The molecule has 0 saturated heterocycles. The minimum Gasteiger partial charge on any atom is -0.497 e. The van der Waals surface area contributed by atoms with Crippen molar-refractivity contribution in [1.29, 1.82) is 0 Å². The van der Waals surface area contributed by atoms with E-state index in [0.717, 1.165) is 0 Å². The van der Waals surface area contributed by atoms with Crippen LogP contribution >= 0.6 is 11.6 Å². The van der Waals surface area contributed by atoms with Crippen molar-refractivity contribution in [2.75, 3.05) is 39.3 Å². The molecule has 0 spiro atoms. The van der Waals surface area contributed by atoms with Gasteiger partial charge in [-0.25, -0.2) is 0 Å². The zero-order valence-corrected chi connectivity index (χ0v) is 18.5. The zero-order chi connectivity index (χ0) is 22.4. The molecule has 3 rings (SSSR count). The van der Waals surface area contributed by atoms with E-state index < -0.39 is 5.91 Å². The van der Waals surface area contributed by atoms with Gasteiger partial charge in [0.2, 0.25) is 0 Å². The third-order valence-electron chi connectivity index (χ3n) is 4.84. The Bertz CT molecular complexity index is 988. The standard InChI is InChI=1S/C23H25ClN2O5/c1-4-31-13-5-12-26-22(27)20(15-6-8-16(24)9-7-15)21(23(26)28)25-18-11-10-17(29-2)14-19(18)30-3/h6-11,14,25H,4-5,12-13H2,1-3H3. The van der Waals surface area contributed by atoms with E-state index >= 15 is 0 Å². The second-order valence-corrected chi connectivity index (χ2v) is 7.20. The highest BCUT2D eigenvalue weighted by Gasteiger charge is 2.39. The maximum absolute atomic E-state index is 13.2. The second kappa shape index (κ2) is 10.3. The van der Waals surface area contributed by atoms with Gasteiger partial charge in [-0.3, -0.25) is 14.5 Å². The number of anilines is 1. The van der Waals surface area contributed by atoms with E-state index in [1.807, 2.05) is 6.92 Å². The van der Waals surface area contributed by atoms with Crippen molar-refractivity contribution >= 4 is 34.7 Å². The highest BCUT2D eigenvalue weighted by atomic mass is 35.5. The SMILES string of the molecule is CCOCCCN1C(=O)C(Nc2ccc(OC)cc2OC)=C(c2ccc(Cl)cc2)C1=O. The molecule has 0 unspecified atom stereocenters. The molecule has 31 heavy (non-hydrogen) atoms. The fourth-order valence-electron chi connectivity index (χ4n) is 3.28. The Morgan fingerprint density at radius 1 is 1.00 bits per heavy atom. The lowest BCUT2D eigenvalue weighted by atomic mass is 10.0. The largest absolute Gasteiger partial charge is 0.497 e. The zero-order valence-electron chi connectivity index (χ0n) is 17.7. The molecule has 1 heterocycles. The summed E-state index contributed by atoms with van der Waals surface area (Å²) in [6.45, 7) is 3.22. The summed E-state index contributed by atoms with van der Waals surface area (Å²) in [6.07, 6.45) is 0.554. The summed E-state index contributed by atoms with van der Waals surface area (Å²) < 4.78 is 16.0. The van der Waals surface area contributed by atoms with Gasteiger partial charge in [-0.15, -0.1) is 0 Å². The summed E-state index contributed by atoms with van der Waals surface area (Å²) in [5, 5.41) is 3.65. The first-order valence-corrected chi connectivity index (χ1v) is 10.3. The lowest BCUT2D eigenvalue weighted by Gasteiger charge is -2.16. The molecule has 0 fully saturated rings. The third kappa shape index (κ3) is 5.00. The Kier molecular flexibility index (Phi) is 7.55. The van der Waals surface area contributed by atoms with Gasteiger partial charge < -0.3 is 19.5 Å². The molecule has 0 aliphatic carbocycles. The normalized spacial score (nSPS) is 13.7. The Balaban J connectivity index is 1.98. The molecule has 1 aliphatic heterocycles. The van der Waals surface area contributed by atoms with Crippen LogP contribution < -0.4 is 14.8 Å². The molecule has 1 N–H and O–H groups in total. The second-order valence-electron chi connectivity index (χ2n) is 6.76. The fourth-order valence-corrected chi connectivity index (χ4v) is 3.41. The molecule has 0 radical (unpaired) electrons. The van der Waals surface area contributed by atoms with Crippen LogP contribution in [0, 0.1) is 0 Å². The first-order chi connectivity index (χ1) is 15.0. The number of nitrogens with one attached hydrogen (secondary N) is 1. The molecule has 2 amide bonds. The first-order valence-electron chi connectivity index (χ1n) is 9.93. The summed E-state index contributed by atoms with van der Waals surface area (Å²) in [6, 6.07) is 12.0. The number of nitrogens with zero attached hydrogens (tertiary/aromatic N) is 1. The van der Waals surface area contributed by atoms with Crippen LogP contribution in [-0.4, -0.2) is 50.7 Å². The molecule has 164 valence electrons. The number of halogens is 1. The molecular weight excluding hydrogens is 420 g/mol. The summed E-state index contributed by atoms with van der Waals surface area (Å²) in [5.74, 6) is 0.334. The van der Waals surface area contributed by atoms with Gasteiger partial charge in [0.05, 0.1) is 25.5 Å². The predicted octanol–water partition coefficient (Wildman–Crippen LogP) is 3.98. The van der Waals surface area contributed by atoms with Crippen LogP contribution in [0.5, 0.6) is 11.5 Å². The van der Waals surface area contributed by atoms with Crippen LogP contribution in [0.2, 0.25) is 5.02 Å². The van der Waals surface area contributed by atoms with Gasteiger partial charge in [0.25, 0.3) is 11.8 Å². The molecule has 7 nitrogen and oxygen atoms in total. The number of carbonyl (C=O) groups is 2. The van der Waals surface area contributed by atoms with Gasteiger partial charge in [-0.2, -0.15) is 0 Å². The monoisotopic (exact) mass is 444 g/mol. The lowest BCUT2D eigenvalue weighted by molar-refractivity contribution is -0.137. The smallest absolute Gasteiger partial charge is 0.278 e. The maximum atomic E-state index is 13.2. The van der Waals surface area contributed by atoms with Crippen LogP contribution in [0.1, 0.15) is 18.9 Å². The van der Waals surface area contributed by atoms with Crippen molar-refractivity contribution in [3.05, 3.63) is 58.7 Å². The summed E-state index contributed by atoms with van der Waals surface area (Å²) in [5.41, 5.74) is 1.62. The molecule has 1 aliphatic rings. The minimum absolute atomic E-state index is 0.187. The number of hydrogen-bond donors (Lipinski definition) is 1. The van der Waals surface area contributed by atoms with E-state index in [1.165, 1.54) is 12.0 Å². The molecule has 2 aromatic rings. The van der Waals surface area contributed by atoms with Crippen molar-refractivity contribution in [1.82, 2.24) is 4.90 Å². The number of carbonyl (C=O) groups excluding carboxylic acids is 2. The van der Waals surface area contributed by atoms with Crippen molar-refractivity contribution < 1.29 is 23.8 Å². The average molecular weight is 445 g/mol. The number of rotatable bonds is 10. The Morgan fingerprint density at radius 2 is 1.74 bits per heavy atom. The van der Waals surface area contributed by atoms with E-state index in [1.54, 1.807) is 49.6 Å². The van der Waals surface area contributed by atoms with Crippen molar-refractivity contribution in [3.63, 3.8) is 0 Å². The molecule has 8 heteroatoms. The molecule has 0 bridgehead atoms. The highest BCUT2D eigenvalue weighted by Crippen LogP contribution is 2.35. The molecule has 0 aromatic heterocycles. The maximum Gasteiger partial charge on any atom is 0.278 e. The Labute approximate surface area is 186 Å². The van der Waals surface area contributed by atoms with E-state index in [-0.39, 0.29) is 23.7 Å². The van der Waals surface area contributed by atoms with Gasteiger partial charge in [0.1, 0.15) is 17.2 Å². The molecule has 2 aromatic carbocycles. The van der Waals surface area contributed by atoms with Crippen LogP contribution in [-0.2, 0) is 14.3 Å². The van der Waals surface area contributed by atoms with Crippen molar-refractivity contribution in [2.24, 2.45) is 0 Å². The van der Waals surface area contributed by atoms with Gasteiger partial charge in [0, 0.05) is 30.8 Å². The number of amides is 2. The van der Waals surface area contributed by atoms with E-state index in [0.29, 0.717) is 47.4 Å².